The van der Waals surface area contributed by atoms with Gasteiger partial charge in [-0.3, -0.25) is 9.30 Å². The summed E-state index contributed by atoms with van der Waals surface area (Å²) in [5, 5.41) is -0.888. The van der Waals surface area contributed by atoms with E-state index < -0.39 is 26.6 Å². The molecule has 20 heavy (non-hydrogen) atoms. The van der Waals surface area contributed by atoms with Gasteiger partial charge in [-0.2, -0.15) is 0 Å². The Morgan fingerprint density at radius 1 is 1.45 bits per heavy atom. The molecule has 0 aliphatic carbocycles. The summed E-state index contributed by atoms with van der Waals surface area (Å²) in [6.45, 7) is 1.70. The summed E-state index contributed by atoms with van der Waals surface area (Å²) < 4.78 is 45.7. The molecule has 0 aromatic heterocycles. The van der Waals surface area contributed by atoms with Crippen LogP contribution in [0.2, 0.25) is 0 Å². The molecule has 1 aromatic rings. The van der Waals surface area contributed by atoms with Crippen molar-refractivity contribution in [2.75, 3.05) is 20.3 Å². The highest BCUT2D eigenvalue weighted by Crippen LogP contribution is 2.43. The number of hydrogen-bond acceptors (Lipinski definition) is 4. The molecule has 0 N–H and O–H groups in total. The SMILES string of the molecule is CC1=NC2(c3ccccc3F)COCC2S(=O)(=O)N1C. The predicted octanol–water partition coefficient (Wildman–Crippen LogP) is 1.11. The maximum atomic E-state index is 14.1. The van der Waals surface area contributed by atoms with Crippen molar-refractivity contribution in [1.29, 1.82) is 0 Å². The predicted molar refractivity (Wildman–Crippen MR) is 72.5 cm³/mol. The fraction of sp³-hybridized carbons (Fsp3) is 0.462. The average molecular weight is 298 g/mol. The minimum absolute atomic E-state index is 0.0256. The van der Waals surface area contributed by atoms with E-state index in [1.807, 2.05) is 0 Å². The normalized spacial score (nSPS) is 31.9. The van der Waals surface area contributed by atoms with E-state index in [0.717, 1.165) is 4.31 Å². The lowest BCUT2D eigenvalue weighted by molar-refractivity contribution is 0.178. The molecule has 3 rings (SSSR count). The Morgan fingerprint density at radius 3 is 2.85 bits per heavy atom. The number of amidine groups is 1. The number of aliphatic imine (C=N–C) groups is 1. The molecule has 2 heterocycles. The third-order valence-electron chi connectivity index (χ3n) is 4.02. The van der Waals surface area contributed by atoms with Crippen molar-refractivity contribution in [3.8, 4) is 0 Å². The second kappa shape index (κ2) is 4.26. The Labute approximate surface area is 117 Å². The molecular weight excluding hydrogens is 283 g/mol. The summed E-state index contributed by atoms with van der Waals surface area (Å²) in [5.74, 6) is -0.116. The van der Waals surface area contributed by atoms with Gasteiger partial charge in [-0.05, 0) is 13.0 Å². The third kappa shape index (κ3) is 1.63. The van der Waals surface area contributed by atoms with Crippen LogP contribution in [0.25, 0.3) is 0 Å². The lowest BCUT2D eigenvalue weighted by Gasteiger charge is -2.38. The lowest BCUT2D eigenvalue weighted by atomic mass is 9.88. The fourth-order valence-corrected chi connectivity index (χ4v) is 4.65. The van der Waals surface area contributed by atoms with Crippen LogP contribution in [0.3, 0.4) is 0 Å². The van der Waals surface area contributed by atoms with E-state index in [1.54, 1.807) is 25.1 Å². The minimum atomic E-state index is -3.60. The highest BCUT2D eigenvalue weighted by molar-refractivity contribution is 7.90. The molecule has 0 spiro atoms. The summed E-state index contributed by atoms with van der Waals surface area (Å²) in [6.07, 6.45) is 0. The number of rotatable bonds is 1. The van der Waals surface area contributed by atoms with E-state index >= 15 is 0 Å². The largest absolute Gasteiger partial charge is 0.377 e. The van der Waals surface area contributed by atoms with Gasteiger partial charge >= 0.3 is 0 Å². The van der Waals surface area contributed by atoms with Gasteiger partial charge in [0.1, 0.15) is 22.4 Å². The van der Waals surface area contributed by atoms with Crippen LogP contribution in [0.4, 0.5) is 4.39 Å². The number of hydrogen-bond donors (Lipinski definition) is 0. The topological polar surface area (TPSA) is 59.0 Å². The highest BCUT2D eigenvalue weighted by atomic mass is 32.2. The summed E-state index contributed by atoms with van der Waals surface area (Å²) in [6, 6.07) is 6.14. The van der Waals surface area contributed by atoms with E-state index in [1.165, 1.54) is 13.1 Å². The Kier molecular flexibility index (Phi) is 2.88. The van der Waals surface area contributed by atoms with Crippen LogP contribution < -0.4 is 0 Å². The van der Waals surface area contributed by atoms with Gasteiger partial charge in [0.15, 0.2) is 0 Å². The van der Waals surface area contributed by atoms with Gasteiger partial charge in [0.2, 0.25) is 10.0 Å². The molecule has 1 saturated heterocycles. The van der Waals surface area contributed by atoms with Gasteiger partial charge in [0, 0.05) is 12.6 Å². The molecule has 0 bridgehead atoms. The van der Waals surface area contributed by atoms with Crippen molar-refractivity contribution in [3.63, 3.8) is 0 Å². The first kappa shape index (κ1) is 13.5. The van der Waals surface area contributed by atoms with Crippen LogP contribution in [-0.2, 0) is 20.3 Å². The zero-order chi connectivity index (χ0) is 14.5. The van der Waals surface area contributed by atoms with E-state index in [4.69, 9.17) is 4.74 Å². The molecule has 2 atom stereocenters. The molecule has 2 aliphatic heterocycles. The van der Waals surface area contributed by atoms with Crippen molar-refractivity contribution in [1.82, 2.24) is 4.31 Å². The number of halogens is 1. The van der Waals surface area contributed by atoms with Crippen molar-refractivity contribution < 1.29 is 17.5 Å². The van der Waals surface area contributed by atoms with Gasteiger partial charge in [0.05, 0.1) is 13.2 Å². The average Bonchev–Trinajstić information content (AvgIpc) is 2.83. The molecule has 108 valence electrons. The van der Waals surface area contributed by atoms with E-state index in [2.05, 4.69) is 4.99 Å². The Bertz CT molecular complexity index is 689. The van der Waals surface area contributed by atoms with Crippen LogP contribution in [-0.4, -0.2) is 44.1 Å². The van der Waals surface area contributed by atoms with Crippen molar-refractivity contribution in [2.24, 2.45) is 4.99 Å². The maximum Gasteiger partial charge on any atom is 0.243 e. The first-order valence-electron chi connectivity index (χ1n) is 6.26. The molecule has 1 aromatic carbocycles. The van der Waals surface area contributed by atoms with Crippen molar-refractivity contribution >= 4 is 15.9 Å². The number of ether oxygens (including phenoxy) is 1. The molecule has 2 unspecified atom stereocenters. The number of benzene rings is 1. The fourth-order valence-electron chi connectivity index (χ4n) is 2.85. The molecule has 0 saturated carbocycles. The maximum absolute atomic E-state index is 14.1. The Hall–Kier alpha value is -1.47. The summed E-state index contributed by atoms with van der Waals surface area (Å²) in [7, 11) is -2.14. The number of sulfonamides is 1. The number of nitrogens with zero attached hydrogens (tertiary/aromatic N) is 2. The van der Waals surface area contributed by atoms with Gasteiger partial charge in [-0.15, -0.1) is 0 Å². The van der Waals surface area contributed by atoms with Crippen LogP contribution >= 0.6 is 0 Å². The molecule has 7 heteroatoms. The van der Waals surface area contributed by atoms with Crippen molar-refractivity contribution in [2.45, 2.75) is 17.7 Å². The molecule has 0 radical (unpaired) electrons. The van der Waals surface area contributed by atoms with Crippen LogP contribution in [0, 0.1) is 5.82 Å². The molecule has 1 fully saturated rings. The molecular formula is C13H15FN2O3S. The zero-order valence-corrected chi connectivity index (χ0v) is 12.0. The summed E-state index contributed by atoms with van der Waals surface area (Å²) >= 11 is 0. The van der Waals surface area contributed by atoms with Crippen LogP contribution in [0.15, 0.2) is 29.3 Å². The van der Waals surface area contributed by atoms with Gasteiger partial charge in [-0.1, -0.05) is 18.2 Å². The second-order valence-corrected chi connectivity index (χ2v) is 7.23. The van der Waals surface area contributed by atoms with Gasteiger partial charge in [0.25, 0.3) is 0 Å². The first-order valence-corrected chi connectivity index (χ1v) is 7.77. The molecule has 2 aliphatic rings. The van der Waals surface area contributed by atoms with Gasteiger partial charge in [-0.25, -0.2) is 12.8 Å². The standard InChI is InChI=1S/C13H15FN2O3S/c1-9-15-13(10-5-3-4-6-11(10)14)8-19-7-12(13)20(17,18)16(9)2/h3-6,12H,7-8H2,1-2H3. The number of fused-ring (bicyclic) bond motifs is 1. The summed E-state index contributed by atoms with van der Waals surface area (Å²) in [4.78, 5) is 4.48. The zero-order valence-electron chi connectivity index (χ0n) is 11.2. The monoisotopic (exact) mass is 298 g/mol. The van der Waals surface area contributed by atoms with Crippen LogP contribution in [0.1, 0.15) is 12.5 Å². The quantitative estimate of drug-likeness (QED) is 0.780. The lowest BCUT2D eigenvalue weighted by Crippen LogP contribution is -2.54. The molecule has 5 nitrogen and oxygen atoms in total. The van der Waals surface area contributed by atoms with E-state index in [9.17, 15) is 12.8 Å². The van der Waals surface area contributed by atoms with E-state index in [0.29, 0.717) is 5.84 Å². The van der Waals surface area contributed by atoms with Crippen LogP contribution in [0.5, 0.6) is 0 Å². The highest BCUT2D eigenvalue weighted by Gasteiger charge is 2.57. The second-order valence-electron chi connectivity index (χ2n) is 5.08. The summed E-state index contributed by atoms with van der Waals surface area (Å²) in [5.41, 5.74) is -0.903. The minimum Gasteiger partial charge on any atom is -0.377 e. The first-order chi connectivity index (χ1) is 9.39. The van der Waals surface area contributed by atoms with Crippen molar-refractivity contribution in [3.05, 3.63) is 35.6 Å². The Balaban J connectivity index is 2.28. The van der Waals surface area contributed by atoms with E-state index in [-0.39, 0.29) is 18.8 Å². The smallest absolute Gasteiger partial charge is 0.243 e. The Morgan fingerprint density at radius 2 is 2.15 bits per heavy atom. The molecule has 0 amide bonds. The van der Waals surface area contributed by atoms with Gasteiger partial charge < -0.3 is 4.74 Å². The third-order valence-corrected chi connectivity index (χ3v) is 6.30.